The molecule has 53 heavy (non-hydrogen) atoms. The summed E-state index contributed by atoms with van der Waals surface area (Å²) in [6.07, 6.45) is 0.0725. The zero-order chi connectivity index (χ0) is 38.2. The van der Waals surface area contributed by atoms with Crippen molar-refractivity contribution in [2.75, 3.05) is 39.2 Å². The van der Waals surface area contributed by atoms with Crippen molar-refractivity contribution >= 4 is 27.6 Å². The summed E-state index contributed by atoms with van der Waals surface area (Å²) in [5.41, 5.74) is 3.21. The van der Waals surface area contributed by atoms with Crippen LogP contribution in [-0.2, 0) is 32.3 Å². The second-order valence-electron chi connectivity index (χ2n) is 14.3. The molecule has 282 valence electrons. The smallest absolute Gasteiger partial charge is 0.410 e. The molecule has 0 radical (unpaired) electrons. The minimum atomic E-state index is -4.15. The largest absolute Gasteiger partial charge is 0.496 e. The lowest BCUT2D eigenvalue weighted by molar-refractivity contribution is -0.139. The van der Waals surface area contributed by atoms with Crippen LogP contribution in [0.4, 0.5) is 10.5 Å². The zero-order valence-electron chi connectivity index (χ0n) is 30.9. The summed E-state index contributed by atoms with van der Waals surface area (Å²) in [4.78, 5) is 27.5. The van der Waals surface area contributed by atoms with E-state index in [-0.39, 0.29) is 30.8 Å². The number of methoxy groups -OCH3 is 2. The van der Waals surface area contributed by atoms with Gasteiger partial charge >= 0.3 is 12.1 Å². The highest BCUT2D eigenvalue weighted by molar-refractivity contribution is 7.93. The zero-order valence-corrected chi connectivity index (χ0v) is 31.7. The molecule has 11 nitrogen and oxygen atoms in total. The average molecular weight is 744 g/mol. The number of hydrogen-bond acceptors (Lipinski definition) is 9. The number of nitrogens with zero attached hydrogens (tertiary/aromatic N) is 1. The lowest BCUT2D eigenvalue weighted by Gasteiger charge is -2.43. The topological polar surface area (TPSA) is 144 Å². The summed E-state index contributed by atoms with van der Waals surface area (Å²) in [5, 5.41) is 16.8. The van der Waals surface area contributed by atoms with Gasteiger partial charge in [-0.2, -0.15) is 0 Å². The van der Waals surface area contributed by atoms with Crippen LogP contribution in [0.5, 0.6) is 11.5 Å². The number of piperidine rings is 1. The minimum absolute atomic E-state index is 0.0811. The Bertz CT molecular complexity index is 1960. The molecule has 1 aliphatic heterocycles. The van der Waals surface area contributed by atoms with E-state index >= 15 is 0 Å². The predicted molar refractivity (Wildman–Crippen MR) is 205 cm³/mol. The van der Waals surface area contributed by atoms with Crippen LogP contribution in [0.3, 0.4) is 0 Å². The molecule has 3 N–H and O–H groups in total. The van der Waals surface area contributed by atoms with Gasteiger partial charge in [-0.1, -0.05) is 66.7 Å². The van der Waals surface area contributed by atoms with Crippen LogP contribution in [0.15, 0.2) is 102 Å². The fourth-order valence-electron chi connectivity index (χ4n) is 6.60. The van der Waals surface area contributed by atoms with Gasteiger partial charge in [-0.15, -0.1) is 0 Å². The van der Waals surface area contributed by atoms with Crippen LogP contribution >= 0.6 is 0 Å². The third-order valence-corrected chi connectivity index (χ3v) is 11.8. The number of hydrogen-bond donors (Lipinski definition) is 3. The molecule has 1 unspecified atom stereocenters. The second-order valence-corrected chi connectivity index (χ2v) is 16.6. The summed E-state index contributed by atoms with van der Waals surface area (Å²) in [6, 6.07) is 28.2. The maximum absolute atomic E-state index is 14.8. The third kappa shape index (κ3) is 9.49. The number of amides is 1. The number of anilines is 1. The molecule has 1 fully saturated rings. The van der Waals surface area contributed by atoms with E-state index in [0.717, 1.165) is 22.3 Å². The van der Waals surface area contributed by atoms with Crippen molar-refractivity contribution in [2.45, 2.75) is 67.9 Å². The molecular weight excluding hydrogens is 695 g/mol. The van der Waals surface area contributed by atoms with Gasteiger partial charge in [0, 0.05) is 31.9 Å². The Morgan fingerprint density at radius 3 is 2.17 bits per heavy atom. The SMILES string of the molecule is COc1cccc(OC)c1-c1ccc(C[C@H](NCC2(S(=O)(=O)c3cccc(NCc4ccccc4)c3)CCCN(C(=O)OC(C)(C)C)C2)C(=O)O)cc1. The van der Waals surface area contributed by atoms with Gasteiger partial charge in [-0.05, 0) is 87.1 Å². The summed E-state index contributed by atoms with van der Waals surface area (Å²) in [6.45, 7) is 5.71. The van der Waals surface area contributed by atoms with Gasteiger partial charge in [0.2, 0.25) is 0 Å². The fourth-order valence-corrected chi connectivity index (χ4v) is 8.65. The van der Waals surface area contributed by atoms with E-state index in [4.69, 9.17) is 14.2 Å². The fraction of sp³-hybridized carbons (Fsp3) is 0.366. The van der Waals surface area contributed by atoms with Gasteiger partial charge in [0.1, 0.15) is 27.9 Å². The summed E-state index contributed by atoms with van der Waals surface area (Å²) in [5.74, 6) is 0.151. The minimum Gasteiger partial charge on any atom is -0.496 e. The molecule has 0 saturated carbocycles. The third-order valence-electron chi connectivity index (χ3n) is 9.32. The van der Waals surface area contributed by atoms with Crippen LogP contribution in [0.2, 0.25) is 0 Å². The Morgan fingerprint density at radius 2 is 1.55 bits per heavy atom. The second kappa shape index (κ2) is 16.7. The molecule has 4 aromatic rings. The number of rotatable bonds is 14. The van der Waals surface area contributed by atoms with Crippen molar-refractivity contribution in [3.05, 3.63) is 108 Å². The number of ether oxygens (including phenoxy) is 3. The molecule has 0 aliphatic carbocycles. The van der Waals surface area contributed by atoms with Crippen molar-refractivity contribution in [3.8, 4) is 22.6 Å². The molecule has 12 heteroatoms. The van der Waals surface area contributed by atoms with Crippen molar-refractivity contribution in [3.63, 3.8) is 0 Å². The molecule has 1 aliphatic rings. The molecule has 1 amide bonds. The van der Waals surface area contributed by atoms with Crippen LogP contribution in [0.1, 0.15) is 44.7 Å². The number of carboxylic acid groups (broad SMARTS) is 1. The number of carbonyl (C=O) groups excluding carboxylic acids is 1. The summed E-state index contributed by atoms with van der Waals surface area (Å²) >= 11 is 0. The Kier molecular flexibility index (Phi) is 12.4. The van der Waals surface area contributed by atoms with Crippen molar-refractivity contribution in [1.82, 2.24) is 10.2 Å². The number of carboxylic acids is 1. The van der Waals surface area contributed by atoms with E-state index in [0.29, 0.717) is 36.7 Å². The van der Waals surface area contributed by atoms with Gasteiger partial charge in [-0.25, -0.2) is 13.2 Å². The van der Waals surface area contributed by atoms with Gasteiger partial charge in [0.25, 0.3) is 0 Å². The number of nitrogens with one attached hydrogen (secondary N) is 2. The number of likely N-dealkylation sites (tertiary alicyclic amines) is 1. The molecule has 0 aromatic heterocycles. The first-order valence-electron chi connectivity index (χ1n) is 17.6. The van der Waals surface area contributed by atoms with E-state index in [2.05, 4.69) is 10.6 Å². The van der Waals surface area contributed by atoms with Crippen molar-refractivity contribution < 1.29 is 37.3 Å². The lowest BCUT2D eigenvalue weighted by atomic mass is 9.95. The van der Waals surface area contributed by atoms with Gasteiger partial charge in [0.05, 0.1) is 24.7 Å². The van der Waals surface area contributed by atoms with E-state index < -0.39 is 38.3 Å². The van der Waals surface area contributed by atoms with E-state index in [9.17, 15) is 23.1 Å². The van der Waals surface area contributed by atoms with Gasteiger partial charge in [0.15, 0.2) is 9.84 Å². The predicted octanol–water partition coefficient (Wildman–Crippen LogP) is 6.81. The van der Waals surface area contributed by atoms with Gasteiger partial charge in [-0.3, -0.25) is 4.79 Å². The first-order valence-corrected chi connectivity index (χ1v) is 19.1. The van der Waals surface area contributed by atoms with E-state index in [1.165, 1.54) is 4.90 Å². The molecule has 0 bridgehead atoms. The Hall–Kier alpha value is -5.07. The summed E-state index contributed by atoms with van der Waals surface area (Å²) in [7, 11) is -0.982. The highest BCUT2D eigenvalue weighted by atomic mass is 32.2. The number of aliphatic carboxylic acids is 1. The Labute approximate surface area is 312 Å². The molecule has 1 heterocycles. The monoisotopic (exact) mass is 743 g/mol. The van der Waals surface area contributed by atoms with Crippen LogP contribution in [0.25, 0.3) is 11.1 Å². The first kappa shape index (κ1) is 39.1. The highest BCUT2D eigenvalue weighted by Crippen LogP contribution is 2.39. The average Bonchev–Trinajstić information content (AvgIpc) is 3.15. The summed E-state index contributed by atoms with van der Waals surface area (Å²) < 4.78 is 44.8. The quantitative estimate of drug-likeness (QED) is 0.126. The molecular formula is C41H49N3O8S. The molecule has 1 saturated heterocycles. The van der Waals surface area contributed by atoms with Gasteiger partial charge < -0.3 is 34.9 Å². The normalized spacial score (nSPS) is 16.7. The number of benzene rings is 4. The van der Waals surface area contributed by atoms with Crippen LogP contribution in [0, 0.1) is 0 Å². The standard InChI is InChI=1S/C41H49N3O8S/c1-40(2,3)52-39(47)44-23-11-22-41(28-44,53(48,49)33-15-9-14-32(25-33)42-26-30-12-7-6-8-13-30)27-43-34(38(45)46)24-29-18-20-31(21-19-29)37-35(50-4)16-10-17-36(37)51-5/h6-10,12-21,25,34,42-43H,11,22-24,26-28H2,1-5H3,(H,45,46)/t34-,41?/m0/s1. The number of carbonyl (C=O) groups is 2. The molecule has 4 aromatic carbocycles. The van der Waals surface area contributed by atoms with Crippen LogP contribution in [-0.4, -0.2) is 80.7 Å². The molecule has 5 rings (SSSR count). The van der Waals surface area contributed by atoms with Crippen molar-refractivity contribution in [2.24, 2.45) is 0 Å². The molecule has 2 atom stereocenters. The Morgan fingerprint density at radius 1 is 0.887 bits per heavy atom. The maximum Gasteiger partial charge on any atom is 0.410 e. The van der Waals surface area contributed by atoms with E-state index in [1.54, 1.807) is 59.3 Å². The van der Waals surface area contributed by atoms with E-state index in [1.807, 2.05) is 72.8 Å². The number of sulfone groups is 1. The first-order chi connectivity index (χ1) is 25.2. The highest BCUT2D eigenvalue weighted by Gasteiger charge is 2.49. The molecule has 0 spiro atoms. The van der Waals surface area contributed by atoms with Crippen LogP contribution < -0.4 is 20.1 Å². The Balaban J connectivity index is 1.42. The van der Waals surface area contributed by atoms with Crippen molar-refractivity contribution in [1.29, 1.82) is 0 Å². The maximum atomic E-state index is 14.8. The lowest BCUT2D eigenvalue weighted by Crippen LogP contribution is -2.61.